The summed E-state index contributed by atoms with van der Waals surface area (Å²) >= 11 is 0. The normalized spacial score (nSPS) is 12.3. The molecule has 0 N–H and O–H groups in total. The molecule has 0 aliphatic carbocycles. The average Bonchev–Trinajstić information content (AvgIpc) is 3.62. The molecule has 10 aromatic rings. The molecule has 0 bridgehead atoms. The molecule has 0 saturated carbocycles. The van der Waals surface area contributed by atoms with Gasteiger partial charge in [0.2, 0.25) is 0 Å². The van der Waals surface area contributed by atoms with Crippen molar-refractivity contribution >= 4 is 76.2 Å². The number of para-hydroxylation sites is 1. The second-order valence-electron chi connectivity index (χ2n) is 11.2. The number of furan rings is 2. The van der Waals surface area contributed by atoms with Gasteiger partial charge in [0.05, 0.1) is 0 Å². The summed E-state index contributed by atoms with van der Waals surface area (Å²) in [6.45, 7) is 0. The third-order valence-electron chi connectivity index (χ3n) is 9.02. The fraction of sp³-hybridized carbons (Fsp3) is 0. The molecule has 0 aliphatic rings. The maximum Gasteiger partial charge on any atom is 0.143 e. The summed E-state index contributed by atoms with van der Waals surface area (Å²) < 4.78 is 12.9. The highest BCUT2D eigenvalue weighted by Crippen LogP contribution is 2.48. The Hall–Kier alpha value is -5.60. The lowest BCUT2D eigenvalue weighted by Crippen LogP contribution is -1.91. The molecule has 0 spiro atoms. The minimum atomic E-state index is 0.910. The predicted octanol–water partition coefficient (Wildman–Crippen LogP) is 11.7. The monoisotopic (exact) mass is 534 g/mol. The Kier molecular flexibility index (Phi) is 4.21. The maximum atomic E-state index is 6.68. The van der Waals surface area contributed by atoms with E-state index in [0.717, 1.165) is 38.7 Å². The molecule has 42 heavy (non-hydrogen) atoms. The third-order valence-corrected chi connectivity index (χ3v) is 9.02. The number of benzene rings is 8. The van der Waals surface area contributed by atoms with Crippen molar-refractivity contribution in [3.05, 3.63) is 133 Å². The topological polar surface area (TPSA) is 26.3 Å². The SMILES string of the molecule is c1ccc2c(c1)oc1ccc(-c3c4ccccc4c(-c4ccc5ccc6cccc7oc4c5c67)c4ccccc34)cc12. The van der Waals surface area contributed by atoms with E-state index in [1.807, 2.05) is 12.1 Å². The molecule has 8 aromatic carbocycles. The van der Waals surface area contributed by atoms with Crippen molar-refractivity contribution in [2.45, 2.75) is 0 Å². The minimum absolute atomic E-state index is 0.910. The van der Waals surface area contributed by atoms with E-state index in [-0.39, 0.29) is 0 Å². The summed E-state index contributed by atoms with van der Waals surface area (Å²) in [5.74, 6) is 0. The molecule has 10 rings (SSSR count). The van der Waals surface area contributed by atoms with E-state index in [1.54, 1.807) is 0 Å². The van der Waals surface area contributed by atoms with Crippen LogP contribution < -0.4 is 0 Å². The quantitative estimate of drug-likeness (QED) is 0.163. The first-order valence-corrected chi connectivity index (χ1v) is 14.4. The Morgan fingerprint density at radius 2 is 0.952 bits per heavy atom. The summed E-state index contributed by atoms with van der Waals surface area (Å²) in [5, 5.41) is 12.0. The molecule has 0 radical (unpaired) electrons. The van der Waals surface area contributed by atoms with Crippen molar-refractivity contribution in [1.82, 2.24) is 0 Å². The van der Waals surface area contributed by atoms with Crippen LogP contribution in [0, 0.1) is 0 Å². The van der Waals surface area contributed by atoms with Crippen molar-refractivity contribution < 1.29 is 8.83 Å². The van der Waals surface area contributed by atoms with Gasteiger partial charge < -0.3 is 8.83 Å². The molecule has 2 heteroatoms. The summed E-state index contributed by atoms with van der Waals surface area (Å²) in [7, 11) is 0. The largest absolute Gasteiger partial charge is 0.456 e. The number of hydrogen-bond donors (Lipinski definition) is 0. The third kappa shape index (κ3) is 2.83. The van der Waals surface area contributed by atoms with E-state index >= 15 is 0 Å². The first-order valence-electron chi connectivity index (χ1n) is 14.4. The second kappa shape index (κ2) is 7.99. The van der Waals surface area contributed by atoms with Crippen molar-refractivity contribution in [2.24, 2.45) is 0 Å². The molecule has 0 unspecified atom stereocenters. The first-order chi connectivity index (χ1) is 20.8. The molecule has 0 atom stereocenters. The summed E-state index contributed by atoms with van der Waals surface area (Å²) in [5.41, 5.74) is 8.47. The van der Waals surface area contributed by atoms with Crippen LogP contribution in [0.2, 0.25) is 0 Å². The van der Waals surface area contributed by atoms with Gasteiger partial charge in [-0.15, -0.1) is 0 Å². The fourth-order valence-electron chi connectivity index (χ4n) is 7.24. The van der Waals surface area contributed by atoms with E-state index in [0.29, 0.717) is 0 Å². The lowest BCUT2D eigenvalue weighted by Gasteiger charge is -2.18. The van der Waals surface area contributed by atoms with Gasteiger partial charge in [-0.05, 0) is 73.8 Å². The van der Waals surface area contributed by atoms with Gasteiger partial charge in [0, 0.05) is 32.7 Å². The van der Waals surface area contributed by atoms with E-state index in [1.165, 1.54) is 59.8 Å². The maximum absolute atomic E-state index is 6.68. The van der Waals surface area contributed by atoms with E-state index < -0.39 is 0 Å². The molecule has 2 nitrogen and oxygen atoms in total. The van der Waals surface area contributed by atoms with Gasteiger partial charge in [0.25, 0.3) is 0 Å². The number of hydrogen-bond acceptors (Lipinski definition) is 2. The second-order valence-corrected chi connectivity index (χ2v) is 11.2. The number of fused-ring (bicyclic) bond motifs is 5. The highest BCUT2D eigenvalue weighted by Gasteiger charge is 2.22. The Morgan fingerprint density at radius 3 is 1.71 bits per heavy atom. The Balaban J connectivity index is 1.35. The van der Waals surface area contributed by atoms with Gasteiger partial charge in [-0.25, -0.2) is 0 Å². The molecular formula is C40H22O2. The van der Waals surface area contributed by atoms with Gasteiger partial charge in [-0.3, -0.25) is 0 Å². The van der Waals surface area contributed by atoms with E-state index in [9.17, 15) is 0 Å². The minimum Gasteiger partial charge on any atom is -0.456 e. The van der Waals surface area contributed by atoms with Crippen molar-refractivity contribution in [3.8, 4) is 22.3 Å². The van der Waals surface area contributed by atoms with Crippen LogP contribution in [0.1, 0.15) is 0 Å². The fourth-order valence-corrected chi connectivity index (χ4v) is 7.24. The lowest BCUT2D eigenvalue weighted by molar-refractivity contribution is 0.669. The molecule has 0 amide bonds. The van der Waals surface area contributed by atoms with Crippen molar-refractivity contribution in [3.63, 3.8) is 0 Å². The molecule has 2 aromatic heterocycles. The van der Waals surface area contributed by atoms with E-state index in [2.05, 4.69) is 121 Å². The summed E-state index contributed by atoms with van der Waals surface area (Å²) in [4.78, 5) is 0. The van der Waals surface area contributed by atoms with Crippen LogP contribution in [-0.2, 0) is 0 Å². The molecule has 0 saturated heterocycles. The molecule has 0 fully saturated rings. The summed E-state index contributed by atoms with van der Waals surface area (Å²) in [6.07, 6.45) is 0. The zero-order valence-electron chi connectivity index (χ0n) is 22.5. The Morgan fingerprint density at radius 1 is 0.357 bits per heavy atom. The molecule has 2 heterocycles. The highest BCUT2D eigenvalue weighted by atomic mass is 16.3. The van der Waals surface area contributed by atoms with Gasteiger partial charge in [0.15, 0.2) is 0 Å². The number of rotatable bonds is 2. The van der Waals surface area contributed by atoms with Crippen molar-refractivity contribution in [1.29, 1.82) is 0 Å². The predicted molar refractivity (Wildman–Crippen MR) is 176 cm³/mol. The van der Waals surface area contributed by atoms with Crippen LogP contribution in [0.25, 0.3) is 98.4 Å². The van der Waals surface area contributed by atoms with Crippen LogP contribution in [0.4, 0.5) is 0 Å². The smallest absolute Gasteiger partial charge is 0.143 e. The van der Waals surface area contributed by atoms with Crippen LogP contribution in [0.15, 0.2) is 142 Å². The highest BCUT2D eigenvalue weighted by molar-refractivity contribution is 6.28. The van der Waals surface area contributed by atoms with Gasteiger partial charge in [0.1, 0.15) is 22.3 Å². The lowest BCUT2D eigenvalue weighted by atomic mass is 9.85. The zero-order valence-corrected chi connectivity index (χ0v) is 22.5. The van der Waals surface area contributed by atoms with Gasteiger partial charge in [-0.1, -0.05) is 103 Å². The first kappa shape index (κ1) is 22.1. The van der Waals surface area contributed by atoms with Gasteiger partial charge in [-0.2, -0.15) is 0 Å². The van der Waals surface area contributed by atoms with E-state index in [4.69, 9.17) is 8.83 Å². The Labute approximate surface area is 240 Å². The van der Waals surface area contributed by atoms with Gasteiger partial charge >= 0.3 is 0 Å². The summed E-state index contributed by atoms with van der Waals surface area (Å²) in [6, 6.07) is 47.7. The standard InChI is InChI=1S/C40H22O2/c1-3-12-29-27(10-1)36(25-19-21-34-32(22-25)26-9-5-6-14-33(26)41-34)28-11-2-4-13-30(28)39(29)31-20-18-24-17-16-23-8-7-15-35-37(23)38(24)40(31)42-35/h1-22H. The molecular weight excluding hydrogens is 512 g/mol. The van der Waals surface area contributed by atoms with Crippen LogP contribution in [0.5, 0.6) is 0 Å². The molecule has 0 aliphatic heterocycles. The zero-order chi connectivity index (χ0) is 27.4. The van der Waals surface area contributed by atoms with Crippen LogP contribution >= 0.6 is 0 Å². The van der Waals surface area contributed by atoms with Crippen LogP contribution in [-0.4, -0.2) is 0 Å². The average molecular weight is 535 g/mol. The van der Waals surface area contributed by atoms with Crippen molar-refractivity contribution in [2.75, 3.05) is 0 Å². The molecule has 194 valence electrons. The van der Waals surface area contributed by atoms with Crippen LogP contribution in [0.3, 0.4) is 0 Å². The Bertz CT molecular complexity index is 2630.